The molecule has 0 aliphatic heterocycles. The summed E-state index contributed by atoms with van der Waals surface area (Å²) in [4.78, 5) is 22.1. The van der Waals surface area contributed by atoms with Crippen molar-refractivity contribution in [3.8, 4) is 11.1 Å². The first kappa shape index (κ1) is 17.1. The van der Waals surface area contributed by atoms with Crippen molar-refractivity contribution >= 4 is 16.8 Å². The number of unbranched alkanes of at least 4 members (excludes halogenated alkanes) is 1. The van der Waals surface area contributed by atoms with Crippen molar-refractivity contribution < 1.29 is 9.63 Å². The van der Waals surface area contributed by atoms with E-state index in [0.717, 1.165) is 40.6 Å². The zero-order valence-corrected chi connectivity index (χ0v) is 14.7. The molecule has 130 valence electrons. The molecule has 2 aromatic heterocycles. The highest BCUT2D eigenvalue weighted by molar-refractivity contribution is 6.01. The van der Waals surface area contributed by atoms with Crippen LogP contribution in [0.5, 0.6) is 0 Å². The molecular weight excluding hydrogens is 316 g/mol. The molecule has 1 amide bonds. The lowest BCUT2D eigenvalue weighted by atomic mass is 10.0. The van der Waals surface area contributed by atoms with Gasteiger partial charge in [-0.1, -0.05) is 31.5 Å². The van der Waals surface area contributed by atoms with E-state index in [4.69, 9.17) is 4.84 Å². The fraction of sp³-hybridized carbons (Fsp3) is 0.316. The van der Waals surface area contributed by atoms with Crippen LogP contribution in [-0.2, 0) is 11.9 Å². The Kier molecular flexibility index (Phi) is 5.09. The number of carbonyl (C=O) groups is 1. The maximum Gasteiger partial charge on any atom is 0.293 e. The van der Waals surface area contributed by atoms with E-state index < -0.39 is 0 Å². The van der Waals surface area contributed by atoms with Crippen LogP contribution in [0.4, 0.5) is 0 Å². The molecule has 0 aliphatic carbocycles. The van der Waals surface area contributed by atoms with Gasteiger partial charge >= 0.3 is 0 Å². The highest BCUT2D eigenvalue weighted by atomic mass is 16.6. The largest absolute Gasteiger partial charge is 0.293 e. The summed E-state index contributed by atoms with van der Waals surface area (Å²) in [7, 11) is 1.90. The Labute approximate surface area is 146 Å². The molecule has 0 unspecified atom stereocenters. The molecule has 1 aromatic carbocycles. The van der Waals surface area contributed by atoms with E-state index in [1.54, 1.807) is 6.07 Å². The number of aryl methyl sites for hydroxylation is 1. The molecule has 1 N–H and O–H groups in total. The molecular formula is C19H22N4O2. The van der Waals surface area contributed by atoms with Crippen LogP contribution in [0.25, 0.3) is 22.0 Å². The summed E-state index contributed by atoms with van der Waals surface area (Å²) in [5.41, 5.74) is 6.52. The van der Waals surface area contributed by atoms with Crippen molar-refractivity contribution in [2.45, 2.75) is 26.7 Å². The Morgan fingerprint density at radius 3 is 2.80 bits per heavy atom. The lowest BCUT2D eigenvalue weighted by molar-refractivity contribution is 0.0298. The van der Waals surface area contributed by atoms with Gasteiger partial charge in [-0.05, 0) is 31.0 Å². The number of benzene rings is 1. The van der Waals surface area contributed by atoms with E-state index in [9.17, 15) is 4.79 Å². The van der Waals surface area contributed by atoms with Gasteiger partial charge in [0, 0.05) is 23.7 Å². The summed E-state index contributed by atoms with van der Waals surface area (Å²) in [6.07, 6.45) is 3.72. The Morgan fingerprint density at radius 2 is 2.08 bits per heavy atom. The van der Waals surface area contributed by atoms with Gasteiger partial charge in [0.25, 0.3) is 5.91 Å². The predicted octanol–water partition coefficient (Wildman–Crippen LogP) is 3.41. The number of rotatable bonds is 6. The third kappa shape index (κ3) is 3.53. The minimum absolute atomic E-state index is 0.327. The van der Waals surface area contributed by atoms with Gasteiger partial charge in [0.2, 0.25) is 0 Å². The molecule has 3 aromatic rings. The number of fused-ring (bicyclic) bond motifs is 1. The number of aromatic nitrogens is 3. The van der Waals surface area contributed by atoms with Gasteiger partial charge in [0.1, 0.15) is 5.69 Å². The summed E-state index contributed by atoms with van der Waals surface area (Å²) in [6, 6.07) is 9.58. The van der Waals surface area contributed by atoms with Crippen LogP contribution in [0.2, 0.25) is 0 Å². The second-order valence-corrected chi connectivity index (χ2v) is 5.97. The summed E-state index contributed by atoms with van der Waals surface area (Å²) in [6.45, 7) is 4.56. The molecule has 6 heteroatoms. The van der Waals surface area contributed by atoms with Gasteiger partial charge in [-0.3, -0.25) is 14.3 Å². The van der Waals surface area contributed by atoms with Gasteiger partial charge in [-0.25, -0.2) is 10.5 Å². The number of para-hydroxylation sites is 1. The number of amides is 1. The SMILES string of the molecule is CCCCONC(=O)c1cc(-c2cnn(C)c2C)c2ccccc2n1. The smallest absolute Gasteiger partial charge is 0.273 e. The second-order valence-electron chi connectivity index (χ2n) is 5.97. The molecule has 0 fully saturated rings. The average Bonchev–Trinajstić information content (AvgIpc) is 2.96. The Morgan fingerprint density at radius 1 is 1.28 bits per heavy atom. The van der Waals surface area contributed by atoms with Crippen LogP contribution in [0, 0.1) is 6.92 Å². The minimum atomic E-state index is -0.343. The number of hydrogen-bond acceptors (Lipinski definition) is 4. The van der Waals surface area contributed by atoms with E-state index in [-0.39, 0.29) is 5.91 Å². The number of hydroxylamine groups is 1. The number of pyridine rings is 1. The van der Waals surface area contributed by atoms with Crippen LogP contribution >= 0.6 is 0 Å². The standard InChI is InChI=1S/C19H22N4O2/c1-4-5-10-25-22-19(24)18-11-15(16-12-20-23(3)13(16)2)14-8-6-7-9-17(14)21-18/h6-9,11-12H,4-5,10H2,1-3H3,(H,22,24). The van der Waals surface area contributed by atoms with Crippen LogP contribution in [0.15, 0.2) is 36.5 Å². The quantitative estimate of drug-likeness (QED) is 0.552. The van der Waals surface area contributed by atoms with E-state index >= 15 is 0 Å². The third-order valence-corrected chi connectivity index (χ3v) is 4.24. The normalized spacial score (nSPS) is 11.0. The lowest BCUT2D eigenvalue weighted by Crippen LogP contribution is -2.25. The third-order valence-electron chi connectivity index (χ3n) is 4.24. The Bertz CT molecular complexity index is 902. The van der Waals surface area contributed by atoms with Crippen LogP contribution in [0.3, 0.4) is 0 Å². The zero-order valence-electron chi connectivity index (χ0n) is 14.7. The van der Waals surface area contributed by atoms with Crippen LogP contribution in [-0.4, -0.2) is 27.3 Å². The molecule has 0 atom stereocenters. The molecule has 0 radical (unpaired) electrons. The van der Waals surface area contributed by atoms with E-state index in [1.807, 2.05) is 49.1 Å². The summed E-state index contributed by atoms with van der Waals surface area (Å²) in [5.74, 6) is -0.343. The molecule has 0 saturated carbocycles. The highest BCUT2D eigenvalue weighted by Gasteiger charge is 2.16. The second kappa shape index (κ2) is 7.44. The summed E-state index contributed by atoms with van der Waals surface area (Å²) < 4.78 is 1.82. The van der Waals surface area contributed by atoms with Gasteiger partial charge in [-0.15, -0.1) is 0 Å². The molecule has 0 aliphatic rings. The number of nitrogens with one attached hydrogen (secondary N) is 1. The molecule has 0 spiro atoms. The Hall–Kier alpha value is -2.73. The topological polar surface area (TPSA) is 69.0 Å². The van der Waals surface area contributed by atoms with E-state index in [2.05, 4.69) is 22.5 Å². The predicted molar refractivity (Wildman–Crippen MR) is 97.0 cm³/mol. The van der Waals surface area contributed by atoms with E-state index in [1.165, 1.54) is 0 Å². The molecule has 0 bridgehead atoms. The molecule has 2 heterocycles. The fourth-order valence-corrected chi connectivity index (χ4v) is 2.66. The first-order chi connectivity index (χ1) is 12.1. The molecule has 6 nitrogen and oxygen atoms in total. The van der Waals surface area contributed by atoms with Crippen molar-refractivity contribution in [3.63, 3.8) is 0 Å². The maximum absolute atomic E-state index is 12.4. The number of nitrogens with zero attached hydrogens (tertiary/aromatic N) is 3. The fourth-order valence-electron chi connectivity index (χ4n) is 2.66. The van der Waals surface area contributed by atoms with Gasteiger partial charge in [0.15, 0.2) is 0 Å². The van der Waals surface area contributed by atoms with Crippen LogP contribution in [0.1, 0.15) is 35.9 Å². The van der Waals surface area contributed by atoms with Crippen molar-refractivity contribution in [1.82, 2.24) is 20.2 Å². The minimum Gasteiger partial charge on any atom is -0.273 e. The number of carbonyl (C=O) groups excluding carboxylic acids is 1. The van der Waals surface area contributed by atoms with Crippen molar-refractivity contribution in [2.75, 3.05) is 6.61 Å². The van der Waals surface area contributed by atoms with Gasteiger partial charge in [0.05, 0.1) is 18.3 Å². The zero-order chi connectivity index (χ0) is 17.8. The van der Waals surface area contributed by atoms with E-state index in [0.29, 0.717) is 12.3 Å². The molecule has 0 saturated heterocycles. The monoisotopic (exact) mass is 338 g/mol. The lowest BCUT2D eigenvalue weighted by Gasteiger charge is -2.10. The van der Waals surface area contributed by atoms with Gasteiger partial charge in [-0.2, -0.15) is 5.10 Å². The van der Waals surface area contributed by atoms with Crippen molar-refractivity contribution in [1.29, 1.82) is 0 Å². The number of hydrogen-bond donors (Lipinski definition) is 1. The van der Waals surface area contributed by atoms with Gasteiger partial charge < -0.3 is 0 Å². The summed E-state index contributed by atoms with van der Waals surface area (Å²) >= 11 is 0. The molecule has 25 heavy (non-hydrogen) atoms. The van der Waals surface area contributed by atoms with Crippen molar-refractivity contribution in [3.05, 3.63) is 47.9 Å². The molecule has 3 rings (SSSR count). The first-order valence-corrected chi connectivity index (χ1v) is 8.42. The average molecular weight is 338 g/mol. The van der Waals surface area contributed by atoms with Crippen LogP contribution < -0.4 is 5.48 Å². The maximum atomic E-state index is 12.4. The first-order valence-electron chi connectivity index (χ1n) is 8.42. The Balaban J connectivity index is 2.01. The summed E-state index contributed by atoms with van der Waals surface area (Å²) in [5, 5.41) is 5.30. The van der Waals surface area contributed by atoms with Crippen molar-refractivity contribution in [2.24, 2.45) is 7.05 Å². The highest BCUT2D eigenvalue weighted by Crippen LogP contribution is 2.30.